The molecule has 0 radical (unpaired) electrons. The Bertz CT molecular complexity index is 1040. The molecule has 29 heavy (non-hydrogen) atoms. The first-order valence-corrected chi connectivity index (χ1v) is 9.14. The number of benzene rings is 2. The van der Waals surface area contributed by atoms with E-state index in [0.29, 0.717) is 25.2 Å². The largest absolute Gasteiger partial charge is 0.347 e. The van der Waals surface area contributed by atoms with Crippen LogP contribution in [0.5, 0.6) is 0 Å². The Morgan fingerprint density at radius 3 is 2.62 bits per heavy atom. The molecule has 1 aromatic heterocycles. The molecule has 0 unspecified atom stereocenters. The average molecular weight is 396 g/mol. The van der Waals surface area contributed by atoms with E-state index in [1.807, 2.05) is 30.3 Å². The minimum Gasteiger partial charge on any atom is -0.347 e. The highest BCUT2D eigenvalue weighted by Gasteiger charge is 2.27. The van der Waals surface area contributed by atoms with Gasteiger partial charge in [0.2, 0.25) is 0 Å². The third-order valence-corrected chi connectivity index (χ3v) is 4.75. The van der Waals surface area contributed by atoms with Crippen molar-refractivity contribution in [3.05, 3.63) is 88.7 Å². The van der Waals surface area contributed by atoms with Crippen molar-refractivity contribution in [2.75, 3.05) is 0 Å². The summed E-state index contributed by atoms with van der Waals surface area (Å²) in [6.45, 7) is 0.754. The molecule has 3 aromatic rings. The molecular formula is C21H18F2N4O2. The van der Waals surface area contributed by atoms with Crippen LogP contribution in [-0.4, -0.2) is 27.6 Å². The first-order chi connectivity index (χ1) is 14.0. The maximum atomic E-state index is 13.7. The van der Waals surface area contributed by atoms with Crippen LogP contribution >= 0.6 is 0 Å². The molecule has 8 heteroatoms. The Kier molecular flexibility index (Phi) is 5.07. The van der Waals surface area contributed by atoms with Crippen LogP contribution < -0.4 is 10.6 Å². The average Bonchev–Trinajstić information content (AvgIpc) is 3.27. The van der Waals surface area contributed by atoms with Crippen molar-refractivity contribution in [1.82, 2.24) is 20.4 Å². The van der Waals surface area contributed by atoms with Crippen LogP contribution in [0.15, 0.2) is 54.6 Å². The van der Waals surface area contributed by atoms with Gasteiger partial charge in [-0.1, -0.05) is 30.3 Å². The predicted octanol–water partition coefficient (Wildman–Crippen LogP) is 2.45. The molecule has 2 aromatic carbocycles. The number of fused-ring (bicyclic) bond motifs is 1. The number of nitrogens with one attached hydrogen (secondary N) is 2. The van der Waals surface area contributed by atoms with Gasteiger partial charge in [0, 0.05) is 18.7 Å². The van der Waals surface area contributed by atoms with Crippen LogP contribution in [0.3, 0.4) is 0 Å². The number of aromatic nitrogens is 2. The Balaban J connectivity index is 1.35. The molecule has 0 bridgehead atoms. The second kappa shape index (κ2) is 7.83. The lowest BCUT2D eigenvalue weighted by molar-refractivity contribution is 0.0924. The van der Waals surface area contributed by atoms with Gasteiger partial charge in [-0.3, -0.25) is 14.3 Å². The highest BCUT2D eigenvalue weighted by molar-refractivity contribution is 5.95. The predicted molar refractivity (Wildman–Crippen MR) is 101 cm³/mol. The molecular weight excluding hydrogens is 378 g/mol. The number of halogens is 2. The van der Waals surface area contributed by atoms with Crippen LogP contribution in [0.1, 0.15) is 32.1 Å². The molecule has 148 valence electrons. The Labute approximate surface area is 165 Å². The summed E-state index contributed by atoms with van der Waals surface area (Å²) in [7, 11) is 0. The fourth-order valence-corrected chi connectivity index (χ4v) is 3.31. The molecule has 2 heterocycles. The molecule has 0 saturated heterocycles. The highest BCUT2D eigenvalue weighted by Crippen LogP contribution is 2.17. The third-order valence-electron chi connectivity index (χ3n) is 4.75. The van der Waals surface area contributed by atoms with Crippen LogP contribution in [-0.2, 0) is 19.5 Å². The van der Waals surface area contributed by atoms with Crippen LogP contribution in [0.25, 0.3) is 0 Å². The topological polar surface area (TPSA) is 76.0 Å². The lowest BCUT2D eigenvalue weighted by Gasteiger charge is -2.12. The molecule has 2 N–H and O–H groups in total. The third kappa shape index (κ3) is 4.16. The second-order valence-corrected chi connectivity index (χ2v) is 6.87. The van der Waals surface area contributed by atoms with Gasteiger partial charge < -0.3 is 10.6 Å². The summed E-state index contributed by atoms with van der Waals surface area (Å²) in [6.07, 6.45) is 0.446. The van der Waals surface area contributed by atoms with Gasteiger partial charge >= 0.3 is 0 Å². The molecule has 4 rings (SSSR count). The monoisotopic (exact) mass is 396 g/mol. The van der Waals surface area contributed by atoms with Crippen molar-refractivity contribution in [2.45, 2.75) is 25.6 Å². The van der Waals surface area contributed by atoms with Crippen molar-refractivity contribution in [2.24, 2.45) is 0 Å². The molecule has 1 aliphatic heterocycles. The van der Waals surface area contributed by atoms with Crippen molar-refractivity contribution < 1.29 is 18.4 Å². The molecule has 1 atom stereocenters. The van der Waals surface area contributed by atoms with E-state index in [4.69, 9.17) is 0 Å². The van der Waals surface area contributed by atoms with Gasteiger partial charge in [-0.05, 0) is 29.8 Å². The minimum atomic E-state index is -0.781. The van der Waals surface area contributed by atoms with Crippen molar-refractivity contribution in [3.8, 4) is 0 Å². The summed E-state index contributed by atoms with van der Waals surface area (Å²) in [6, 6.07) is 13.7. The van der Waals surface area contributed by atoms with Gasteiger partial charge in [0.05, 0.1) is 18.2 Å². The molecule has 0 spiro atoms. The lowest BCUT2D eigenvalue weighted by Crippen LogP contribution is -2.36. The van der Waals surface area contributed by atoms with Crippen molar-refractivity contribution in [1.29, 1.82) is 0 Å². The molecule has 0 fully saturated rings. The number of carbonyl (C=O) groups excluding carboxylic acids is 2. The van der Waals surface area contributed by atoms with Gasteiger partial charge in [0.15, 0.2) is 0 Å². The number of hydrogen-bond donors (Lipinski definition) is 2. The van der Waals surface area contributed by atoms with Crippen LogP contribution in [0, 0.1) is 11.6 Å². The van der Waals surface area contributed by atoms with Crippen LogP contribution in [0.2, 0.25) is 0 Å². The van der Waals surface area contributed by atoms with Crippen molar-refractivity contribution >= 4 is 11.8 Å². The van der Waals surface area contributed by atoms with E-state index in [0.717, 1.165) is 29.5 Å². The molecule has 0 saturated carbocycles. The zero-order valence-corrected chi connectivity index (χ0v) is 15.4. The summed E-state index contributed by atoms with van der Waals surface area (Å²) in [5.41, 5.74) is 1.74. The number of amides is 2. The van der Waals surface area contributed by atoms with Crippen LogP contribution in [0.4, 0.5) is 8.78 Å². The molecule has 6 nitrogen and oxygen atoms in total. The zero-order valence-electron chi connectivity index (χ0n) is 15.4. The van der Waals surface area contributed by atoms with E-state index in [2.05, 4.69) is 15.7 Å². The SMILES string of the molecule is O=C(NCc1ccccc1)c1cc2n(n1)C[C@@H](NC(=O)c1cc(F)ccc1F)C2. The Morgan fingerprint density at radius 2 is 1.86 bits per heavy atom. The molecule has 1 aliphatic rings. The van der Waals surface area contributed by atoms with E-state index in [9.17, 15) is 18.4 Å². The Hall–Kier alpha value is -3.55. The van der Waals surface area contributed by atoms with Crippen molar-refractivity contribution in [3.63, 3.8) is 0 Å². The standard InChI is InChI=1S/C21H18F2N4O2/c22-14-6-7-18(23)17(8-14)20(28)25-15-9-16-10-19(26-27(16)12-15)21(29)24-11-13-4-2-1-3-5-13/h1-8,10,15H,9,11-12H2,(H,24,29)(H,25,28)/t15-/m0/s1. The van der Waals surface area contributed by atoms with Gasteiger partial charge in [0.25, 0.3) is 11.8 Å². The molecule has 2 amide bonds. The zero-order chi connectivity index (χ0) is 20.4. The van der Waals surface area contributed by atoms with E-state index in [1.165, 1.54) is 0 Å². The number of hydrogen-bond acceptors (Lipinski definition) is 3. The quantitative estimate of drug-likeness (QED) is 0.696. The smallest absolute Gasteiger partial charge is 0.272 e. The van der Waals surface area contributed by atoms with E-state index >= 15 is 0 Å². The maximum absolute atomic E-state index is 13.7. The fourth-order valence-electron chi connectivity index (χ4n) is 3.31. The minimum absolute atomic E-state index is 0.279. The first-order valence-electron chi connectivity index (χ1n) is 9.14. The second-order valence-electron chi connectivity index (χ2n) is 6.87. The van der Waals surface area contributed by atoms with E-state index < -0.39 is 17.5 Å². The number of carbonyl (C=O) groups is 2. The highest BCUT2D eigenvalue weighted by atomic mass is 19.1. The van der Waals surface area contributed by atoms with Gasteiger partial charge in [-0.25, -0.2) is 8.78 Å². The first kappa shape index (κ1) is 18.8. The summed E-state index contributed by atoms with van der Waals surface area (Å²) in [5.74, 6) is -2.42. The fraction of sp³-hybridized carbons (Fsp3) is 0.190. The molecule has 0 aliphatic carbocycles. The number of nitrogens with zero attached hydrogens (tertiary/aromatic N) is 2. The van der Waals surface area contributed by atoms with E-state index in [-0.39, 0.29) is 17.5 Å². The summed E-state index contributed by atoms with van der Waals surface area (Å²) in [5, 5.41) is 9.79. The summed E-state index contributed by atoms with van der Waals surface area (Å²) >= 11 is 0. The van der Waals surface area contributed by atoms with E-state index in [1.54, 1.807) is 10.7 Å². The van der Waals surface area contributed by atoms with Gasteiger partial charge in [0.1, 0.15) is 17.3 Å². The maximum Gasteiger partial charge on any atom is 0.272 e. The van der Waals surface area contributed by atoms with Gasteiger partial charge in [-0.15, -0.1) is 0 Å². The summed E-state index contributed by atoms with van der Waals surface area (Å²) < 4.78 is 28.7. The normalized spacial score (nSPS) is 15.0. The number of rotatable bonds is 5. The Morgan fingerprint density at radius 1 is 1.07 bits per heavy atom. The summed E-state index contributed by atoms with van der Waals surface area (Å²) in [4.78, 5) is 24.5. The lowest BCUT2D eigenvalue weighted by atomic mass is 10.1. The van der Waals surface area contributed by atoms with Gasteiger partial charge in [-0.2, -0.15) is 5.10 Å².